The number of imide groups is 1. The molecule has 5 atom stereocenters. The lowest BCUT2D eigenvalue weighted by Gasteiger charge is -2.23. The van der Waals surface area contributed by atoms with Crippen molar-refractivity contribution in [2.24, 2.45) is 29.6 Å². The molecule has 3 rings (SSSR count). The van der Waals surface area contributed by atoms with Crippen LogP contribution in [0.3, 0.4) is 0 Å². The highest BCUT2D eigenvalue weighted by molar-refractivity contribution is 6.06. The van der Waals surface area contributed by atoms with Crippen LogP contribution in [0.4, 0.5) is 0 Å². The van der Waals surface area contributed by atoms with Gasteiger partial charge in [0.2, 0.25) is 11.8 Å². The highest BCUT2D eigenvalue weighted by atomic mass is 16.2. The van der Waals surface area contributed by atoms with Crippen molar-refractivity contribution in [2.45, 2.75) is 46.0 Å². The smallest absolute Gasteiger partial charge is 0.233 e. The van der Waals surface area contributed by atoms with Crippen LogP contribution in [-0.4, -0.2) is 23.3 Å². The predicted molar refractivity (Wildman–Crippen MR) is 77.7 cm³/mol. The molecule has 0 N–H and O–H groups in total. The molecule has 0 aromatic rings. The van der Waals surface area contributed by atoms with Crippen molar-refractivity contribution < 1.29 is 9.59 Å². The van der Waals surface area contributed by atoms with Crippen LogP contribution < -0.4 is 0 Å². The second kappa shape index (κ2) is 5.34. The number of unbranched alkanes of at least 4 members (excludes halogenated alkanes) is 1. The summed E-state index contributed by atoms with van der Waals surface area (Å²) in [5.74, 6) is 1.33. The Morgan fingerprint density at radius 3 is 2.25 bits per heavy atom. The fourth-order valence-corrected chi connectivity index (χ4v) is 4.32. The van der Waals surface area contributed by atoms with Crippen molar-refractivity contribution in [1.29, 1.82) is 0 Å². The third-order valence-corrected chi connectivity index (χ3v) is 5.55. The molecule has 3 nitrogen and oxygen atoms in total. The normalized spacial score (nSPS) is 36.0. The molecule has 0 spiro atoms. The number of likely N-dealkylation sites (tertiary alicyclic amines) is 1. The first-order valence-electron chi connectivity index (χ1n) is 8.20. The minimum Gasteiger partial charge on any atom is -0.282 e. The van der Waals surface area contributed by atoms with Crippen molar-refractivity contribution in [3.63, 3.8) is 0 Å². The maximum atomic E-state index is 12.6. The van der Waals surface area contributed by atoms with Crippen LogP contribution >= 0.6 is 0 Å². The summed E-state index contributed by atoms with van der Waals surface area (Å²) in [6.45, 7) is 5.00. The fourth-order valence-electron chi connectivity index (χ4n) is 4.32. The molecule has 20 heavy (non-hydrogen) atoms. The van der Waals surface area contributed by atoms with Crippen LogP contribution in [0, 0.1) is 29.6 Å². The van der Waals surface area contributed by atoms with Gasteiger partial charge in [0.05, 0.1) is 11.8 Å². The molecular weight excluding hydrogens is 250 g/mol. The molecular formula is C17H25NO2. The minimum atomic E-state index is -0.0267. The van der Waals surface area contributed by atoms with Gasteiger partial charge in [0.25, 0.3) is 0 Å². The standard InChI is InChI=1S/C17H25NO2/c1-3-5-6-11(4-2)10-18-16(19)14-12-7-8-13(9-12)15(14)17(18)20/h7-8,11-15H,3-6,9-10H2,1-2H3/t11-,12+,13+,14+,15+/m1/s1. The van der Waals surface area contributed by atoms with Crippen LogP contribution in [0.5, 0.6) is 0 Å². The highest BCUT2D eigenvalue weighted by Gasteiger charge is 2.59. The lowest BCUT2D eigenvalue weighted by Crippen LogP contribution is -2.37. The highest BCUT2D eigenvalue weighted by Crippen LogP contribution is 2.52. The van der Waals surface area contributed by atoms with E-state index >= 15 is 0 Å². The first kappa shape index (κ1) is 13.8. The van der Waals surface area contributed by atoms with Gasteiger partial charge in [0, 0.05) is 6.54 Å². The van der Waals surface area contributed by atoms with Gasteiger partial charge in [-0.2, -0.15) is 0 Å². The monoisotopic (exact) mass is 275 g/mol. The Bertz CT molecular complexity index is 412. The molecule has 1 heterocycles. The van der Waals surface area contributed by atoms with E-state index in [2.05, 4.69) is 26.0 Å². The Morgan fingerprint density at radius 2 is 1.75 bits per heavy atom. The summed E-state index contributed by atoms with van der Waals surface area (Å²) < 4.78 is 0. The van der Waals surface area contributed by atoms with E-state index in [-0.39, 0.29) is 23.7 Å². The maximum absolute atomic E-state index is 12.6. The minimum absolute atomic E-state index is 0.0267. The molecule has 2 fully saturated rings. The summed E-state index contributed by atoms with van der Waals surface area (Å²) >= 11 is 0. The van der Waals surface area contributed by atoms with E-state index in [9.17, 15) is 9.59 Å². The largest absolute Gasteiger partial charge is 0.282 e. The number of rotatable bonds is 6. The molecule has 110 valence electrons. The van der Waals surface area contributed by atoms with Gasteiger partial charge in [0.1, 0.15) is 0 Å². The molecule has 1 aliphatic heterocycles. The second-order valence-electron chi connectivity index (χ2n) is 6.70. The summed E-state index contributed by atoms with van der Waals surface area (Å²) in [6, 6.07) is 0. The average molecular weight is 275 g/mol. The van der Waals surface area contributed by atoms with Gasteiger partial charge < -0.3 is 0 Å². The number of amides is 2. The van der Waals surface area contributed by atoms with Crippen molar-refractivity contribution in [3.05, 3.63) is 12.2 Å². The number of carbonyl (C=O) groups is 2. The molecule has 2 amide bonds. The van der Waals surface area contributed by atoms with Crippen LogP contribution in [0.1, 0.15) is 46.0 Å². The molecule has 2 aliphatic carbocycles. The van der Waals surface area contributed by atoms with Crippen molar-refractivity contribution in [3.8, 4) is 0 Å². The Kier molecular flexibility index (Phi) is 3.70. The van der Waals surface area contributed by atoms with E-state index < -0.39 is 0 Å². The van der Waals surface area contributed by atoms with Gasteiger partial charge in [-0.25, -0.2) is 0 Å². The summed E-state index contributed by atoms with van der Waals surface area (Å²) in [5, 5.41) is 0. The second-order valence-corrected chi connectivity index (χ2v) is 6.70. The molecule has 0 aromatic heterocycles. The quantitative estimate of drug-likeness (QED) is 0.552. The summed E-state index contributed by atoms with van der Waals surface area (Å²) in [4.78, 5) is 26.8. The number of hydrogen-bond donors (Lipinski definition) is 0. The van der Waals surface area contributed by atoms with E-state index in [0.717, 1.165) is 19.3 Å². The van der Waals surface area contributed by atoms with Gasteiger partial charge in [-0.1, -0.05) is 45.3 Å². The number of fused-ring (bicyclic) bond motifs is 5. The van der Waals surface area contributed by atoms with Crippen molar-refractivity contribution in [1.82, 2.24) is 4.90 Å². The van der Waals surface area contributed by atoms with Gasteiger partial charge in [0.15, 0.2) is 0 Å². The van der Waals surface area contributed by atoms with Gasteiger partial charge in [-0.05, 0) is 30.6 Å². The Hall–Kier alpha value is -1.12. The third kappa shape index (κ3) is 2.02. The van der Waals surface area contributed by atoms with E-state index in [4.69, 9.17) is 0 Å². The summed E-state index contributed by atoms with van der Waals surface area (Å²) in [6.07, 6.45) is 9.89. The van der Waals surface area contributed by atoms with Crippen LogP contribution in [0.15, 0.2) is 12.2 Å². The van der Waals surface area contributed by atoms with Gasteiger partial charge in [-0.15, -0.1) is 0 Å². The van der Waals surface area contributed by atoms with Crippen LogP contribution in [0.2, 0.25) is 0 Å². The zero-order chi connectivity index (χ0) is 14.3. The number of nitrogens with zero attached hydrogens (tertiary/aromatic N) is 1. The first-order valence-corrected chi connectivity index (χ1v) is 8.20. The predicted octanol–water partition coefficient (Wildman–Crippen LogP) is 3.01. The SMILES string of the molecule is CCCC[C@@H](CC)CN1C(=O)[C@@H]2[C@@H](C1=O)[C@H]1C=C[C@H]2C1. The molecule has 3 heteroatoms. The van der Waals surface area contributed by atoms with E-state index in [0.29, 0.717) is 24.3 Å². The molecule has 2 bridgehead atoms. The maximum Gasteiger partial charge on any atom is 0.233 e. The molecule has 1 saturated carbocycles. The zero-order valence-corrected chi connectivity index (χ0v) is 12.5. The van der Waals surface area contributed by atoms with E-state index in [1.54, 1.807) is 4.90 Å². The number of hydrogen-bond acceptors (Lipinski definition) is 2. The molecule has 3 aliphatic rings. The average Bonchev–Trinajstić information content (AvgIpc) is 3.12. The number of carbonyl (C=O) groups excluding carboxylic acids is 2. The fraction of sp³-hybridized carbons (Fsp3) is 0.765. The number of allylic oxidation sites excluding steroid dienone is 2. The lowest BCUT2D eigenvalue weighted by molar-refractivity contribution is -0.141. The van der Waals surface area contributed by atoms with Crippen molar-refractivity contribution >= 4 is 11.8 Å². The van der Waals surface area contributed by atoms with E-state index in [1.165, 1.54) is 12.8 Å². The molecule has 0 aromatic carbocycles. The van der Waals surface area contributed by atoms with Crippen LogP contribution in [0.25, 0.3) is 0 Å². The van der Waals surface area contributed by atoms with Crippen molar-refractivity contribution in [2.75, 3.05) is 6.54 Å². The molecule has 0 unspecified atom stereocenters. The Labute approximate surface area is 121 Å². The van der Waals surface area contributed by atoms with E-state index in [1.807, 2.05) is 0 Å². The molecule has 0 radical (unpaired) electrons. The van der Waals surface area contributed by atoms with Gasteiger partial charge >= 0.3 is 0 Å². The Balaban J connectivity index is 1.70. The lowest BCUT2D eigenvalue weighted by atomic mass is 9.85. The third-order valence-electron chi connectivity index (χ3n) is 5.55. The summed E-state index contributed by atoms with van der Waals surface area (Å²) in [5.41, 5.74) is 0. The molecule has 1 saturated heterocycles. The first-order chi connectivity index (χ1) is 9.67. The zero-order valence-electron chi connectivity index (χ0n) is 12.5. The summed E-state index contributed by atoms with van der Waals surface area (Å²) in [7, 11) is 0. The van der Waals surface area contributed by atoms with Crippen LogP contribution in [-0.2, 0) is 9.59 Å². The Morgan fingerprint density at radius 1 is 1.15 bits per heavy atom. The van der Waals surface area contributed by atoms with Gasteiger partial charge in [-0.3, -0.25) is 14.5 Å². The topological polar surface area (TPSA) is 37.4 Å².